The molecule has 2 N–H and O–H groups in total. The molecule has 0 fully saturated rings. The molecular weight excluding hydrogens is 326 g/mol. The molecule has 3 rings (SSSR count). The topological polar surface area (TPSA) is 67.3 Å². The van der Waals surface area contributed by atoms with Crippen LogP contribution in [0.2, 0.25) is 0 Å². The number of fused-ring (bicyclic) bond motifs is 2. The van der Waals surface area contributed by atoms with E-state index in [9.17, 15) is 5.11 Å². The van der Waals surface area contributed by atoms with E-state index in [0.29, 0.717) is 0 Å². The van der Waals surface area contributed by atoms with Gasteiger partial charge in [0.2, 0.25) is 0 Å². The number of ether oxygens (including phenoxy) is 1. The van der Waals surface area contributed by atoms with Gasteiger partial charge in [-0.05, 0) is 32.9 Å². The van der Waals surface area contributed by atoms with Crippen molar-refractivity contribution in [2.45, 2.75) is 57.8 Å². The van der Waals surface area contributed by atoms with Crippen LogP contribution in [-0.2, 0) is 0 Å². The van der Waals surface area contributed by atoms with Crippen LogP contribution >= 0.6 is 12.4 Å². The molecular formula is C18H26ClN3O2. The minimum absolute atomic E-state index is 0. The normalized spacial score (nSPS) is 21.7. The van der Waals surface area contributed by atoms with E-state index in [-0.39, 0.29) is 18.4 Å². The predicted molar refractivity (Wildman–Crippen MR) is 97.8 cm³/mol. The second-order valence-electron chi connectivity index (χ2n) is 6.72. The number of unbranched alkanes of at least 4 members (excludes halogenated alkanes) is 2. The number of rotatable bonds is 5. The van der Waals surface area contributed by atoms with Crippen LogP contribution < -0.4 is 10.1 Å². The van der Waals surface area contributed by atoms with Crippen LogP contribution in [0.1, 0.15) is 51.6 Å². The molecule has 2 heterocycles. The molecule has 0 aliphatic carbocycles. The molecule has 0 bridgehead atoms. The molecule has 2 aromatic rings. The Morgan fingerprint density at radius 2 is 1.83 bits per heavy atom. The van der Waals surface area contributed by atoms with E-state index < -0.39 is 11.7 Å². The van der Waals surface area contributed by atoms with Crippen LogP contribution in [0.3, 0.4) is 0 Å². The Hall–Kier alpha value is -1.43. The zero-order chi connectivity index (χ0) is 16.4. The number of hydrogen-bond acceptors (Lipinski definition) is 5. The van der Waals surface area contributed by atoms with Gasteiger partial charge >= 0.3 is 0 Å². The number of nitrogens with zero attached hydrogens (tertiary/aromatic N) is 2. The summed E-state index contributed by atoms with van der Waals surface area (Å²) in [5.41, 5.74) is 1.94. The van der Waals surface area contributed by atoms with Gasteiger partial charge < -0.3 is 15.2 Å². The van der Waals surface area contributed by atoms with Gasteiger partial charge in [0.25, 0.3) is 0 Å². The summed E-state index contributed by atoms with van der Waals surface area (Å²) in [7, 11) is 0. The summed E-state index contributed by atoms with van der Waals surface area (Å²) in [5.74, 6) is 0.779. The summed E-state index contributed by atoms with van der Waals surface area (Å²) in [6.07, 6.45) is 6.21. The van der Waals surface area contributed by atoms with Crippen LogP contribution in [-0.4, -0.2) is 33.3 Å². The Balaban J connectivity index is 0.00000208. The van der Waals surface area contributed by atoms with Gasteiger partial charge in [-0.3, -0.25) is 9.97 Å². The molecule has 6 heteroatoms. The third-order valence-electron chi connectivity index (χ3n) is 4.48. The van der Waals surface area contributed by atoms with Gasteiger partial charge in [-0.2, -0.15) is 0 Å². The average Bonchev–Trinajstić information content (AvgIpc) is 2.53. The van der Waals surface area contributed by atoms with Crippen LogP contribution in [0.5, 0.6) is 5.75 Å². The van der Waals surface area contributed by atoms with Crippen molar-refractivity contribution in [1.82, 2.24) is 15.3 Å². The molecule has 0 radical (unpaired) electrons. The van der Waals surface area contributed by atoms with Crippen LogP contribution in [0, 0.1) is 0 Å². The van der Waals surface area contributed by atoms with Gasteiger partial charge in [0.05, 0.1) is 17.1 Å². The molecule has 2 atom stereocenters. The van der Waals surface area contributed by atoms with E-state index in [4.69, 9.17) is 4.74 Å². The van der Waals surface area contributed by atoms with Crippen LogP contribution in [0.4, 0.5) is 0 Å². The number of halogens is 1. The Morgan fingerprint density at radius 1 is 1.17 bits per heavy atom. The first-order valence-electron chi connectivity index (χ1n) is 8.38. The summed E-state index contributed by atoms with van der Waals surface area (Å²) in [6, 6.07) is 3.75. The molecule has 1 aliphatic heterocycles. The largest absolute Gasteiger partial charge is 0.485 e. The van der Waals surface area contributed by atoms with E-state index in [0.717, 1.165) is 35.3 Å². The summed E-state index contributed by atoms with van der Waals surface area (Å²) >= 11 is 0. The van der Waals surface area contributed by atoms with E-state index >= 15 is 0 Å². The molecule has 0 saturated heterocycles. The van der Waals surface area contributed by atoms with Crippen molar-refractivity contribution in [2.24, 2.45) is 0 Å². The van der Waals surface area contributed by atoms with Crippen molar-refractivity contribution >= 4 is 23.4 Å². The minimum Gasteiger partial charge on any atom is -0.485 e. The summed E-state index contributed by atoms with van der Waals surface area (Å²) in [4.78, 5) is 8.71. The fraction of sp³-hybridized carbons (Fsp3) is 0.556. The van der Waals surface area contributed by atoms with Gasteiger partial charge in [0.15, 0.2) is 0 Å². The highest BCUT2D eigenvalue weighted by Gasteiger charge is 2.42. The number of aliphatic hydroxyl groups is 1. The van der Waals surface area contributed by atoms with Gasteiger partial charge in [0, 0.05) is 24.0 Å². The smallest absolute Gasteiger partial charge is 0.131 e. The fourth-order valence-corrected chi connectivity index (χ4v) is 3.11. The number of hydrogen-bond donors (Lipinski definition) is 2. The van der Waals surface area contributed by atoms with E-state index in [1.165, 1.54) is 12.8 Å². The number of aromatic nitrogens is 2. The zero-order valence-corrected chi connectivity index (χ0v) is 15.3. The van der Waals surface area contributed by atoms with E-state index in [1.807, 2.05) is 26.0 Å². The first-order valence-corrected chi connectivity index (χ1v) is 8.38. The molecule has 0 saturated carbocycles. The monoisotopic (exact) mass is 351 g/mol. The lowest BCUT2D eigenvalue weighted by Gasteiger charge is -2.42. The van der Waals surface area contributed by atoms with Crippen molar-refractivity contribution in [2.75, 3.05) is 6.54 Å². The Bertz CT molecular complexity index is 693. The molecule has 5 nitrogen and oxygen atoms in total. The van der Waals surface area contributed by atoms with Crippen molar-refractivity contribution in [3.8, 4) is 5.75 Å². The maximum atomic E-state index is 10.7. The van der Waals surface area contributed by atoms with Gasteiger partial charge in [-0.15, -0.1) is 12.4 Å². The minimum atomic E-state index is -0.648. The van der Waals surface area contributed by atoms with Gasteiger partial charge in [-0.25, -0.2) is 0 Å². The number of nitrogens with one attached hydrogen (secondary N) is 1. The zero-order valence-electron chi connectivity index (χ0n) is 14.5. The van der Waals surface area contributed by atoms with Crippen molar-refractivity contribution < 1.29 is 9.84 Å². The highest BCUT2D eigenvalue weighted by Crippen LogP contribution is 2.41. The lowest BCUT2D eigenvalue weighted by molar-refractivity contribution is -0.0643. The SMILES string of the molecule is CCCCCN[C@H]1c2cc3nccnc3cc2OC(C)(C)[C@@H]1O.Cl. The van der Waals surface area contributed by atoms with Crippen molar-refractivity contribution in [3.05, 3.63) is 30.1 Å². The van der Waals surface area contributed by atoms with Crippen molar-refractivity contribution in [3.63, 3.8) is 0 Å². The van der Waals surface area contributed by atoms with Crippen molar-refractivity contribution in [1.29, 1.82) is 0 Å². The molecule has 1 aliphatic rings. The highest BCUT2D eigenvalue weighted by molar-refractivity contribution is 5.85. The lowest BCUT2D eigenvalue weighted by atomic mass is 9.86. The maximum absolute atomic E-state index is 10.7. The average molecular weight is 352 g/mol. The first kappa shape index (κ1) is 18.9. The number of benzene rings is 1. The maximum Gasteiger partial charge on any atom is 0.131 e. The Kier molecular flexibility index (Phi) is 6.01. The fourth-order valence-electron chi connectivity index (χ4n) is 3.11. The van der Waals surface area contributed by atoms with Gasteiger partial charge in [0.1, 0.15) is 17.5 Å². The quantitative estimate of drug-likeness (QED) is 0.808. The molecule has 1 aromatic carbocycles. The van der Waals surface area contributed by atoms with Crippen LogP contribution in [0.25, 0.3) is 11.0 Å². The first-order chi connectivity index (χ1) is 11.0. The molecule has 132 valence electrons. The molecule has 0 unspecified atom stereocenters. The molecule has 1 aromatic heterocycles. The summed E-state index contributed by atoms with van der Waals surface area (Å²) in [6.45, 7) is 6.90. The van der Waals surface area contributed by atoms with Crippen LogP contribution in [0.15, 0.2) is 24.5 Å². The third-order valence-corrected chi connectivity index (χ3v) is 4.48. The Morgan fingerprint density at radius 3 is 2.50 bits per heavy atom. The summed E-state index contributed by atoms with van der Waals surface area (Å²) < 4.78 is 6.04. The second-order valence-corrected chi connectivity index (χ2v) is 6.72. The summed E-state index contributed by atoms with van der Waals surface area (Å²) in [5, 5.41) is 14.3. The third kappa shape index (κ3) is 3.63. The number of aliphatic hydroxyl groups excluding tert-OH is 1. The Labute approximate surface area is 149 Å². The molecule has 0 spiro atoms. The molecule has 24 heavy (non-hydrogen) atoms. The predicted octanol–water partition coefficient (Wildman–Crippen LogP) is 3.40. The van der Waals surface area contributed by atoms with E-state index in [2.05, 4.69) is 22.2 Å². The standard InChI is InChI=1S/C18H25N3O2.ClH/c1-4-5-6-7-21-16-12-10-13-14(20-9-8-19-13)11-15(12)23-18(2,3)17(16)22;/h8-11,16-17,21-22H,4-7H2,1-3H3;1H/t16-,17+;/m0./s1. The lowest BCUT2D eigenvalue weighted by Crippen LogP contribution is -2.52. The van der Waals surface area contributed by atoms with Gasteiger partial charge in [-0.1, -0.05) is 19.8 Å². The second kappa shape index (κ2) is 7.64. The molecule has 0 amide bonds. The highest BCUT2D eigenvalue weighted by atomic mass is 35.5. The van der Waals surface area contributed by atoms with E-state index in [1.54, 1.807) is 12.4 Å².